The van der Waals surface area contributed by atoms with Gasteiger partial charge in [-0.1, -0.05) is 0 Å². The molecule has 0 atom stereocenters. The maximum absolute atomic E-state index is 11.8. The van der Waals surface area contributed by atoms with Crippen molar-refractivity contribution in [2.75, 3.05) is 0 Å². The molecule has 0 spiro atoms. The molecule has 94 valence electrons. The van der Waals surface area contributed by atoms with Crippen LogP contribution in [0.4, 0.5) is 0 Å². The van der Waals surface area contributed by atoms with Gasteiger partial charge in [-0.05, 0) is 43.0 Å². The third-order valence-electron chi connectivity index (χ3n) is 2.32. The molecule has 0 aliphatic heterocycles. The predicted molar refractivity (Wildman–Crippen MR) is 73.0 cm³/mol. The van der Waals surface area contributed by atoms with Crippen molar-refractivity contribution in [3.63, 3.8) is 0 Å². The Hall–Kier alpha value is -1.66. The minimum absolute atomic E-state index is 0.288. The van der Waals surface area contributed by atoms with Crippen LogP contribution in [0.25, 0.3) is 0 Å². The molecule has 2 N–H and O–H groups in total. The van der Waals surface area contributed by atoms with Gasteiger partial charge >= 0.3 is 0 Å². The number of nitrogens with one attached hydrogen (secondary N) is 2. The van der Waals surface area contributed by atoms with Gasteiger partial charge in [-0.15, -0.1) is 22.7 Å². The number of hydrogen-bond acceptors (Lipinski definition) is 4. The number of carbonyl (C=O) groups is 2. The molecular formula is C12H12N2O2S2. The number of thiophene rings is 2. The highest BCUT2D eigenvalue weighted by molar-refractivity contribution is 7.14. The maximum atomic E-state index is 11.8. The summed E-state index contributed by atoms with van der Waals surface area (Å²) in [5.74, 6) is -0.584. The lowest BCUT2D eigenvalue weighted by Gasteiger charge is -2.05. The normalized spacial score (nSPS) is 10.1. The molecule has 0 aromatic carbocycles. The standard InChI is InChI=1S/C12H12N2O2S2/c1-7-5-6-17-10(7)12(16)14-13-11(15)9-4-3-8(2)18-9/h3-6H,1-2H3,(H,13,15)(H,14,16). The lowest BCUT2D eigenvalue weighted by atomic mass is 10.3. The third kappa shape index (κ3) is 2.77. The van der Waals surface area contributed by atoms with Crippen molar-refractivity contribution >= 4 is 34.5 Å². The van der Waals surface area contributed by atoms with E-state index in [-0.39, 0.29) is 11.8 Å². The van der Waals surface area contributed by atoms with Gasteiger partial charge in [0.2, 0.25) is 0 Å². The second kappa shape index (κ2) is 5.32. The van der Waals surface area contributed by atoms with E-state index in [4.69, 9.17) is 0 Å². The van der Waals surface area contributed by atoms with Gasteiger partial charge in [-0.3, -0.25) is 20.4 Å². The highest BCUT2D eigenvalue weighted by Gasteiger charge is 2.12. The summed E-state index contributed by atoms with van der Waals surface area (Å²) in [5.41, 5.74) is 5.72. The van der Waals surface area contributed by atoms with Crippen LogP contribution in [0.3, 0.4) is 0 Å². The quantitative estimate of drug-likeness (QED) is 0.830. The zero-order valence-corrected chi connectivity index (χ0v) is 11.6. The second-order valence-corrected chi connectivity index (χ2v) is 5.96. The summed E-state index contributed by atoms with van der Waals surface area (Å²) in [4.78, 5) is 25.7. The molecule has 2 aromatic heterocycles. The van der Waals surface area contributed by atoms with Crippen LogP contribution in [0, 0.1) is 13.8 Å². The molecule has 2 aromatic rings. The fourth-order valence-corrected chi connectivity index (χ4v) is 2.98. The Morgan fingerprint density at radius 3 is 2.33 bits per heavy atom. The first-order chi connectivity index (χ1) is 8.58. The van der Waals surface area contributed by atoms with Crippen LogP contribution in [0.15, 0.2) is 23.6 Å². The summed E-state index contributed by atoms with van der Waals surface area (Å²) in [5, 5.41) is 1.84. The van der Waals surface area contributed by atoms with Crippen LogP contribution in [-0.4, -0.2) is 11.8 Å². The van der Waals surface area contributed by atoms with Crippen LogP contribution in [0.2, 0.25) is 0 Å². The molecule has 2 amide bonds. The number of aryl methyl sites for hydroxylation is 2. The van der Waals surface area contributed by atoms with Crippen LogP contribution in [0.1, 0.15) is 29.8 Å². The van der Waals surface area contributed by atoms with Gasteiger partial charge in [0.15, 0.2) is 0 Å². The van der Waals surface area contributed by atoms with Gasteiger partial charge in [0.25, 0.3) is 11.8 Å². The Balaban J connectivity index is 1.94. The molecule has 4 nitrogen and oxygen atoms in total. The highest BCUT2D eigenvalue weighted by atomic mass is 32.1. The molecule has 18 heavy (non-hydrogen) atoms. The van der Waals surface area contributed by atoms with E-state index >= 15 is 0 Å². The van der Waals surface area contributed by atoms with Gasteiger partial charge in [0, 0.05) is 4.88 Å². The Kier molecular flexibility index (Phi) is 3.78. The summed E-state index contributed by atoms with van der Waals surface area (Å²) < 4.78 is 0. The number of carbonyl (C=O) groups excluding carboxylic acids is 2. The van der Waals surface area contributed by atoms with Crippen LogP contribution in [-0.2, 0) is 0 Å². The molecule has 0 saturated heterocycles. The number of hydrazine groups is 1. The SMILES string of the molecule is Cc1ccc(C(=O)NNC(=O)c2sccc2C)s1. The maximum Gasteiger partial charge on any atom is 0.280 e. The Labute approximate surface area is 113 Å². The van der Waals surface area contributed by atoms with Crippen molar-refractivity contribution in [2.45, 2.75) is 13.8 Å². The van der Waals surface area contributed by atoms with Crippen LogP contribution < -0.4 is 10.9 Å². The molecule has 0 fully saturated rings. The van der Waals surface area contributed by atoms with E-state index < -0.39 is 0 Å². The Morgan fingerprint density at radius 2 is 1.78 bits per heavy atom. The van der Waals surface area contributed by atoms with Gasteiger partial charge in [-0.2, -0.15) is 0 Å². The van der Waals surface area contributed by atoms with Gasteiger partial charge in [0.1, 0.15) is 0 Å². The highest BCUT2D eigenvalue weighted by Crippen LogP contribution is 2.15. The molecule has 0 bridgehead atoms. The fourth-order valence-electron chi connectivity index (χ4n) is 1.39. The monoisotopic (exact) mass is 280 g/mol. The van der Waals surface area contributed by atoms with Crippen molar-refractivity contribution in [2.24, 2.45) is 0 Å². The molecule has 0 aliphatic carbocycles. The Morgan fingerprint density at radius 1 is 1.06 bits per heavy atom. The number of hydrogen-bond donors (Lipinski definition) is 2. The number of amides is 2. The first-order valence-electron chi connectivity index (χ1n) is 5.29. The van der Waals surface area contributed by atoms with E-state index in [0.29, 0.717) is 9.75 Å². The van der Waals surface area contributed by atoms with E-state index in [1.807, 2.05) is 31.4 Å². The summed E-state index contributed by atoms with van der Waals surface area (Å²) in [7, 11) is 0. The van der Waals surface area contributed by atoms with E-state index in [0.717, 1.165) is 10.4 Å². The van der Waals surface area contributed by atoms with Crippen molar-refractivity contribution < 1.29 is 9.59 Å². The van der Waals surface area contributed by atoms with E-state index in [2.05, 4.69) is 10.9 Å². The van der Waals surface area contributed by atoms with E-state index in [1.54, 1.807) is 6.07 Å². The molecule has 0 radical (unpaired) electrons. The summed E-state index contributed by atoms with van der Waals surface area (Å²) >= 11 is 2.74. The fraction of sp³-hybridized carbons (Fsp3) is 0.167. The molecule has 2 rings (SSSR count). The molecule has 6 heteroatoms. The topological polar surface area (TPSA) is 58.2 Å². The van der Waals surface area contributed by atoms with Crippen LogP contribution in [0.5, 0.6) is 0 Å². The average molecular weight is 280 g/mol. The number of rotatable bonds is 2. The zero-order chi connectivity index (χ0) is 13.1. The summed E-state index contributed by atoms with van der Waals surface area (Å²) in [6, 6.07) is 5.47. The van der Waals surface area contributed by atoms with Gasteiger partial charge in [-0.25, -0.2) is 0 Å². The minimum atomic E-state index is -0.296. The first-order valence-corrected chi connectivity index (χ1v) is 6.99. The van der Waals surface area contributed by atoms with Gasteiger partial charge < -0.3 is 0 Å². The lowest BCUT2D eigenvalue weighted by Crippen LogP contribution is -2.41. The van der Waals surface area contributed by atoms with Crippen molar-refractivity contribution in [1.82, 2.24) is 10.9 Å². The summed E-state index contributed by atoms with van der Waals surface area (Å²) in [6.07, 6.45) is 0. The minimum Gasteiger partial charge on any atom is -0.266 e. The Bertz CT molecular complexity index is 586. The molecule has 0 saturated carbocycles. The van der Waals surface area contributed by atoms with Crippen molar-refractivity contribution in [3.8, 4) is 0 Å². The lowest BCUT2D eigenvalue weighted by molar-refractivity contribution is 0.0851. The van der Waals surface area contributed by atoms with E-state index in [1.165, 1.54) is 22.7 Å². The second-order valence-electron chi connectivity index (χ2n) is 3.75. The smallest absolute Gasteiger partial charge is 0.266 e. The molecule has 0 aliphatic rings. The van der Waals surface area contributed by atoms with Crippen molar-refractivity contribution in [3.05, 3.63) is 43.8 Å². The molecule has 2 heterocycles. The average Bonchev–Trinajstić information content (AvgIpc) is 2.94. The van der Waals surface area contributed by atoms with Crippen LogP contribution >= 0.6 is 22.7 Å². The zero-order valence-electron chi connectivity index (χ0n) is 9.94. The first kappa shape index (κ1) is 12.8. The van der Waals surface area contributed by atoms with E-state index in [9.17, 15) is 9.59 Å². The third-order valence-corrected chi connectivity index (χ3v) is 4.34. The molecular weight excluding hydrogens is 268 g/mol. The predicted octanol–water partition coefficient (Wildman–Crippen LogP) is 2.50. The molecule has 0 unspecified atom stereocenters. The largest absolute Gasteiger partial charge is 0.280 e. The van der Waals surface area contributed by atoms with Gasteiger partial charge in [0.05, 0.1) is 9.75 Å². The summed E-state index contributed by atoms with van der Waals surface area (Å²) in [6.45, 7) is 3.78. The van der Waals surface area contributed by atoms with Crippen molar-refractivity contribution in [1.29, 1.82) is 0 Å².